The van der Waals surface area contributed by atoms with Crippen molar-refractivity contribution in [3.63, 3.8) is 0 Å². The van der Waals surface area contributed by atoms with Gasteiger partial charge in [-0.05, 0) is 72.1 Å². The van der Waals surface area contributed by atoms with Crippen molar-refractivity contribution in [2.75, 3.05) is 0 Å². The first-order valence-electron chi connectivity index (χ1n) is 15.8. The number of benzene rings is 5. The van der Waals surface area contributed by atoms with Crippen LogP contribution in [0.2, 0.25) is 0 Å². The number of fused-ring (bicyclic) bond motifs is 12. The number of imidazole rings is 1. The summed E-state index contributed by atoms with van der Waals surface area (Å²) in [7, 11) is 0. The Morgan fingerprint density at radius 2 is 1.38 bits per heavy atom. The van der Waals surface area contributed by atoms with E-state index in [9.17, 15) is 0 Å². The van der Waals surface area contributed by atoms with E-state index in [2.05, 4.69) is 114 Å². The molecule has 0 N–H and O–H groups in total. The molecule has 0 saturated carbocycles. The number of aromatic nitrogens is 4. The standard InChI is InChI=1S/C41H28N4O2/c1-41(2)32-10-4-6-12-35(32)47-36-19-18-30-29-17-15-26(24-34(29)45(39(30)38(36)41)37-13-7-8-20-42-37)46-25-14-16-27-28-9-3-5-11-33(28)44-22-21-43-40(44)31(27)23-25/h3-24H,1-2H3. The van der Waals surface area contributed by atoms with E-state index in [0.717, 1.165) is 83.7 Å². The molecule has 4 aromatic heterocycles. The predicted octanol–water partition coefficient (Wildman–Crippen LogP) is 10.4. The molecule has 0 spiro atoms. The second-order valence-corrected chi connectivity index (χ2v) is 12.7. The molecule has 0 bridgehead atoms. The first-order valence-corrected chi connectivity index (χ1v) is 15.8. The summed E-state index contributed by atoms with van der Waals surface area (Å²) in [6, 6.07) is 39.7. The van der Waals surface area contributed by atoms with Gasteiger partial charge in [0.05, 0.1) is 16.6 Å². The van der Waals surface area contributed by atoms with Crippen LogP contribution in [0.15, 0.2) is 134 Å². The van der Waals surface area contributed by atoms with E-state index in [0.29, 0.717) is 0 Å². The molecule has 1 aliphatic rings. The molecule has 0 radical (unpaired) electrons. The lowest BCUT2D eigenvalue weighted by Gasteiger charge is -2.35. The van der Waals surface area contributed by atoms with Crippen molar-refractivity contribution in [1.82, 2.24) is 18.9 Å². The molecule has 5 heterocycles. The lowest BCUT2D eigenvalue weighted by atomic mass is 9.75. The van der Waals surface area contributed by atoms with Gasteiger partial charge in [-0.2, -0.15) is 0 Å². The maximum absolute atomic E-state index is 6.62. The molecule has 47 heavy (non-hydrogen) atoms. The highest BCUT2D eigenvalue weighted by Crippen LogP contribution is 2.52. The van der Waals surface area contributed by atoms with E-state index in [4.69, 9.17) is 19.4 Å². The largest absolute Gasteiger partial charge is 0.457 e. The zero-order chi connectivity index (χ0) is 31.3. The van der Waals surface area contributed by atoms with Crippen LogP contribution in [0.4, 0.5) is 0 Å². The molecular weight excluding hydrogens is 580 g/mol. The summed E-state index contributed by atoms with van der Waals surface area (Å²) in [5.74, 6) is 4.10. The van der Waals surface area contributed by atoms with Crippen LogP contribution in [0.1, 0.15) is 25.0 Å². The van der Waals surface area contributed by atoms with Crippen molar-refractivity contribution in [1.29, 1.82) is 0 Å². The smallest absolute Gasteiger partial charge is 0.145 e. The van der Waals surface area contributed by atoms with Gasteiger partial charge < -0.3 is 9.47 Å². The third-order valence-corrected chi connectivity index (χ3v) is 9.71. The van der Waals surface area contributed by atoms with Gasteiger partial charge in [-0.3, -0.25) is 8.97 Å². The zero-order valence-corrected chi connectivity index (χ0v) is 25.8. The average molecular weight is 609 g/mol. The molecule has 0 unspecified atom stereocenters. The number of para-hydroxylation sites is 2. The van der Waals surface area contributed by atoms with Gasteiger partial charge in [0.25, 0.3) is 0 Å². The molecule has 0 aliphatic carbocycles. The first-order chi connectivity index (χ1) is 23.1. The Labute approximate surface area is 270 Å². The molecular formula is C41H28N4O2. The lowest BCUT2D eigenvalue weighted by molar-refractivity contribution is 0.420. The molecule has 0 atom stereocenters. The van der Waals surface area contributed by atoms with Crippen molar-refractivity contribution in [2.24, 2.45) is 0 Å². The summed E-state index contributed by atoms with van der Waals surface area (Å²) in [6.07, 6.45) is 5.70. The fourth-order valence-corrected chi connectivity index (χ4v) is 7.62. The third-order valence-electron chi connectivity index (χ3n) is 9.71. The first kappa shape index (κ1) is 26.1. The maximum atomic E-state index is 6.62. The number of rotatable bonds is 3. The highest BCUT2D eigenvalue weighted by molar-refractivity contribution is 6.13. The van der Waals surface area contributed by atoms with Gasteiger partial charge in [0.2, 0.25) is 0 Å². The lowest BCUT2D eigenvalue weighted by Crippen LogP contribution is -2.25. The quantitative estimate of drug-likeness (QED) is 0.187. The second-order valence-electron chi connectivity index (χ2n) is 12.7. The van der Waals surface area contributed by atoms with Crippen molar-refractivity contribution >= 4 is 49.1 Å². The molecule has 0 amide bonds. The Morgan fingerprint density at radius 1 is 0.617 bits per heavy atom. The van der Waals surface area contributed by atoms with Gasteiger partial charge in [0.15, 0.2) is 0 Å². The molecule has 0 saturated heterocycles. The molecule has 0 fully saturated rings. The Hall–Kier alpha value is -6.14. The maximum Gasteiger partial charge on any atom is 0.145 e. The Bertz CT molecular complexity index is 2720. The van der Waals surface area contributed by atoms with Crippen molar-refractivity contribution in [2.45, 2.75) is 19.3 Å². The van der Waals surface area contributed by atoms with Crippen molar-refractivity contribution < 1.29 is 9.47 Å². The number of ether oxygens (including phenoxy) is 2. The van der Waals surface area contributed by atoms with E-state index in [1.807, 2.05) is 42.9 Å². The summed E-state index contributed by atoms with van der Waals surface area (Å²) in [6.45, 7) is 4.56. The summed E-state index contributed by atoms with van der Waals surface area (Å²) < 4.78 is 17.6. The minimum atomic E-state index is -0.308. The number of nitrogens with zero attached hydrogens (tertiary/aromatic N) is 4. The number of pyridine rings is 2. The van der Waals surface area contributed by atoms with Crippen LogP contribution in [0.5, 0.6) is 23.0 Å². The van der Waals surface area contributed by atoms with E-state index >= 15 is 0 Å². The van der Waals surface area contributed by atoms with Crippen LogP contribution in [0, 0.1) is 0 Å². The number of hydrogen-bond donors (Lipinski definition) is 0. The Balaban J connectivity index is 1.18. The minimum absolute atomic E-state index is 0.308. The van der Waals surface area contributed by atoms with Gasteiger partial charge in [-0.15, -0.1) is 0 Å². The predicted molar refractivity (Wildman–Crippen MR) is 187 cm³/mol. The van der Waals surface area contributed by atoms with Crippen LogP contribution in [0.3, 0.4) is 0 Å². The normalized spacial score (nSPS) is 13.7. The zero-order valence-electron chi connectivity index (χ0n) is 25.8. The fourth-order valence-electron chi connectivity index (χ4n) is 7.62. The van der Waals surface area contributed by atoms with E-state index < -0.39 is 0 Å². The van der Waals surface area contributed by atoms with Gasteiger partial charge in [0.1, 0.15) is 34.5 Å². The summed E-state index contributed by atoms with van der Waals surface area (Å²) in [5.41, 5.74) is 6.14. The van der Waals surface area contributed by atoms with Crippen LogP contribution >= 0.6 is 0 Å². The molecule has 1 aliphatic heterocycles. The summed E-state index contributed by atoms with van der Waals surface area (Å²) in [4.78, 5) is 9.53. The second kappa shape index (κ2) is 9.44. The van der Waals surface area contributed by atoms with E-state index in [-0.39, 0.29) is 5.41 Å². The topological polar surface area (TPSA) is 53.6 Å². The molecule has 10 rings (SSSR count). The number of hydrogen-bond acceptors (Lipinski definition) is 4. The minimum Gasteiger partial charge on any atom is -0.457 e. The van der Waals surface area contributed by atoms with Crippen LogP contribution in [-0.4, -0.2) is 18.9 Å². The Kier molecular flexibility index (Phi) is 5.24. The van der Waals surface area contributed by atoms with Crippen LogP contribution in [-0.2, 0) is 5.41 Å². The van der Waals surface area contributed by atoms with Crippen LogP contribution < -0.4 is 9.47 Å². The highest BCUT2D eigenvalue weighted by atomic mass is 16.5. The monoisotopic (exact) mass is 608 g/mol. The SMILES string of the molecule is CC1(C)c2ccccc2Oc2ccc3c4ccc(Oc5ccc6c7ccccc7n7ccnc7c6c5)cc4n(-c4ccccn4)c3c21. The van der Waals surface area contributed by atoms with Gasteiger partial charge in [-0.25, -0.2) is 9.97 Å². The molecule has 5 aromatic carbocycles. The van der Waals surface area contributed by atoms with Gasteiger partial charge in [0, 0.05) is 62.7 Å². The van der Waals surface area contributed by atoms with E-state index in [1.54, 1.807) is 0 Å². The third kappa shape index (κ3) is 3.66. The van der Waals surface area contributed by atoms with Crippen LogP contribution in [0.25, 0.3) is 54.9 Å². The van der Waals surface area contributed by atoms with Crippen molar-refractivity contribution in [3.05, 3.63) is 145 Å². The van der Waals surface area contributed by atoms with Gasteiger partial charge in [-0.1, -0.05) is 56.3 Å². The van der Waals surface area contributed by atoms with E-state index in [1.165, 1.54) is 5.39 Å². The van der Waals surface area contributed by atoms with Crippen molar-refractivity contribution in [3.8, 4) is 28.8 Å². The molecule has 224 valence electrons. The highest BCUT2D eigenvalue weighted by Gasteiger charge is 2.37. The fraction of sp³-hybridized carbons (Fsp3) is 0.0732. The summed E-state index contributed by atoms with van der Waals surface area (Å²) >= 11 is 0. The summed E-state index contributed by atoms with van der Waals surface area (Å²) in [5, 5.41) is 5.64. The molecule has 6 nitrogen and oxygen atoms in total. The molecule has 9 aromatic rings. The molecule has 6 heteroatoms. The Morgan fingerprint density at radius 3 is 2.28 bits per heavy atom. The average Bonchev–Trinajstić information content (AvgIpc) is 3.72. The van der Waals surface area contributed by atoms with Gasteiger partial charge >= 0.3 is 0 Å².